The van der Waals surface area contributed by atoms with Gasteiger partial charge in [0.05, 0.1) is 6.61 Å². The summed E-state index contributed by atoms with van der Waals surface area (Å²) in [5, 5.41) is 5.76. The fourth-order valence-corrected chi connectivity index (χ4v) is 1.46. The molecule has 0 aromatic heterocycles. The van der Waals surface area contributed by atoms with Crippen molar-refractivity contribution in [2.75, 3.05) is 19.5 Å². The number of hydrogen-bond donors (Lipinski definition) is 2. The number of nitrogens with one attached hydrogen (secondary N) is 2. The van der Waals surface area contributed by atoms with Crippen LogP contribution in [0.5, 0.6) is 0 Å². The summed E-state index contributed by atoms with van der Waals surface area (Å²) in [6, 6.07) is 7.53. The van der Waals surface area contributed by atoms with Crippen LogP contribution in [0.25, 0.3) is 0 Å². The second-order valence-electron chi connectivity index (χ2n) is 3.57. The molecule has 4 heteroatoms. The predicted octanol–water partition coefficient (Wildman–Crippen LogP) is 1.38. The van der Waals surface area contributed by atoms with Crippen molar-refractivity contribution in [1.82, 2.24) is 5.32 Å². The third-order valence-electron chi connectivity index (χ3n) is 2.33. The van der Waals surface area contributed by atoms with E-state index >= 15 is 0 Å². The lowest BCUT2D eigenvalue weighted by Gasteiger charge is -2.16. The molecule has 1 rings (SSSR count). The van der Waals surface area contributed by atoms with Gasteiger partial charge in [0.1, 0.15) is 6.04 Å². The van der Waals surface area contributed by atoms with Crippen LogP contribution in [0.4, 0.5) is 5.69 Å². The van der Waals surface area contributed by atoms with Crippen LogP contribution in [0.1, 0.15) is 12.5 Å². The molecule has 0 aliphatic rings. The van der Waals surface area contributed by atoms with E-state index in [1.165, 1.54) is 0 Å². The maximum absolute atomic E-state index is 11.4. The van der Waals surface area contributed by atoms with Crippen LogP contribution in [0.15, 0.2) is 24.3 Å². The number of carbonyl (C=O) groups excluding carboxylic acids is 1. The number of benzene rings is 1. The summed E-state index contributed by atoms with van der Waals surface area (Å²) in [7, 11) is 3.28. The zero-order valence-electron chi connectivity index (χ0n) is 9.91. The zero-order chi connectivity index (χ0) is 12.0. The molecule has 88 valence electrons. The van der Waals surface area contributed by atoms with Crippen molar-refractivity contribution < 1.29 is 9.53 Å². The molecule has 16 heavy (non-hydrogen) atoms. The summed E-state index contributed by atoms with van der Waals surface area (Å²) >= 11 is 0. The van der Waals surface area contributed by atoms with Gasteiger partial charge in [0.15, 0.2) is 0 Å². The van der Waals surface area contributed by atoms with E-state index in [0.29, 0.717) is 6.61 Å². The minimum atomic E-state index is -0.261. The molecule has 2 N–H and O–H groups in total. The molecule has 1 amide bonds. The molecular formula is C12H18N2O2. The van der Waals surface area contributed by atoms with E-state index in [-0.39, 0.29) is 11.9 Å². The Labute approximate surface area is 96.0 Å². The molecule has 0 heterocycles. The Morgan fingerprint density at radius 2 is 2.12 bits per heavy atom. The second kappa shape index (κ2) is 6.12. The first-order valence-electron chi connectivity index (χ1n) is 5.24. The van der Waals surface area contributed by atoms with E-state index in [1.54, 1.807) is 14.2 Å². The Kier molecular flexibility index (Phi) is 4.79. The molecule has 0 fully saturated rings. The van der Waals surface area contributed by atoms with Gasteiger partial charge in [-0.15, -0.1) is 0 Å². The Hall–Kier alpha value is -1.55. The smallest absolute Gasteiger partial charge is 0.241 e. The molecule has 1 unspecified atom stereocenters. The molecule has 1 aromatic carbocycles. The predicted molar refractivity (Wildman–Crippen MR) is 64.3 cm³/mol. The molecule has 0 spiro atoms. The standard InChI is InChI=1S/C12H18N2O2/c1-9(12(15)13-2)14-11-7-5-4-6-10(11)8-16-3/h4-7,9,14H,8H2,1-3H3,(H,13,15). The fourth-order valence-electron chi connectivity index (χ4n) is 1.46. The number of ether oxygens (including phenoxy) is 1. The van der Waals surface area contributed by atoms with Gasteiger partial charge in [-0.2, -0.15) is 0 Å². The van der Waals surface area contributed by atoms with Gasteiger partial charge in [0, 0.05) is 25.4 Å². The van der Waals surface area contributed by atoms with Gasteiger partial charge in [0.25, 0.3) is 0 Å². The highest BCUT2D eigenvalue weighted by Gasteiger charge is 2.11. The normalized spacial score (nSPS) is 11.9. The van der Waals surface area contributed by atoms with Crippen LogP contribution in [-0.2, 0) is 16.1 Å². The molecule has 1 atom stereocenters. The summed E-state index contributed by atoms with van der Waals surface area (Å²) in [4.78, 5) is 11.4. The molecule has 0 aliphatic carbocycles. The minimum absolute atomic E-state index is 0.0350. The van der Waals surface area contributed by atoms with Crippen molar-refractivity contribution >= 4 is 11.6 Å². The van der Waals surface area contributed by atoms with Gasteiger partial charge >= 0.3 is 0 Å². The largest absolute Gasteiger partial charge is 0.380 e. The van der Waals surface area contributed by atoms with Crippen molar-refractivity contribution in [3.8, 4) is 0 Å². The van der Waals surface area contributed by atoms with Crippen LogP contribution < -0.4 is 10.6 Å². The van der Waals surface area contributed by atoms with E-state index in [1.807, 2.05) is 31.2 Å². The molecule has 1 aromatic rings. The number of anilines is 1. The monoisotopic (exact) mass is 222 g/mol. The van der Waals surface area contributed by atoms with Gasteiger partial charge in [-0.3, -0.25) is 4.79 Å². The van der Waals surface area contributed by atoms with E-state index in [2.05, 4.69) is 10.6 Å². The van der Waals surface area contributed by atoms with Crippen LogP contribution in [0, 0.1) is 0 Å². The third-order valence-corrected chi connectivity index (χ3v) is 2.33. The highest BCUT2D eigenvalue weighted by Crippen LogP contribution is 2.16. The Bertz CT molecular complexity index is 353. The molecule has 0 aliphatic heterocycles. The van der Waals surface area contributed by atoms with E-state index in [9.17, 15) is 4.79 Å². The summed E-state index contributed by atoms with van der Waals surface area (Å²) < 4.78 is 5.10. The second-order valence-corrected chi connectivity index (χ2v) is 3.57. The lowest BCUT2D eigenvalue weighted by atomic mass is 10.1. The number of methoxy groups -OCH3 is 1. The summed E-state index contributed by atoms with van der Waals surface area (Å²) in [6.07, 6.45) is 0. The van der Waals surface area contributed by atoms with Crippen LogP contribution in [0.3, 0.4) is 0 Å². The molecule has 0 bridgehead atoms. The SMILES string of the molecule is CNC(=O)C(C)Nc1ccccc1COC. The Morgan fingerprint density at radius 1 is 1.44 bits per heavy atom. The maximum atomic E-state index is 11.4. The molecular weight excluding hydrogens is 204 g/mol. The van der Waals surface area contributed by atoms with Gasteiger partial charge in [-0.25, -0.2) is 0 Å². The van der Waals surface area contributed by atoms with Crippen molar-refractivity contribution in [2.24, 2.45) is 0 Å². The first kappa shape index (κ1) is 12.5. The molecule has 0 radical (unpaired) electrons. The van der Waals surface area contributed by atoms with Crippen LogP contribution in [0.2, 0.25) is 0 Å². The van der Waals surface area contributed by atoms with Gasteiger partial charge < -0.3 is 15.4 Å². The van der Waals surface area contributed by atoms with E-state index < -0.39 is 0 Å². The molecule has 4 nitrogen and oxygen atoms in total. The van der Waals surface area contributed by atoms with Crippen molar-refractivity contribution in [3.63, 3.8) is 0 Å². The topological polar surface area (TPSA) is 50.4 Å². The number of amides is 1. The molecule has 0 saturated carbocycles. The summed E-state index contributed by atoms with van der Waals surface area (Å²) in [6.45, 7) is 2.35. The van der Waals surface area contributed by atoms with Gasteiger partial charge in [-0.05, 0) is 13.0 Å². The summed E-state index contributed by atoms with van der Waals surface area (Å²) in [5.41, 5.74) is 1.97. The van der Waals surface area contributed by atoms with Gasteiger partial charge in [0.2, 0.25) is 5.91 Å². The number of likely N-dealkylation sites (N-methyl/N-ethyl adjacent to an activating group) is 1. The maximum Gasteiger partial charge on any atom is 0.241 e. The van der Waals surface area contributed by atoms with Gasteiger partial charge in [-0.1, -0.05) is 18.2 Å². The van der Waals surface area contributed by atoms with E-state index in [0.717, 1.165) is 11.3 Å². The third kappa shape index (κ3) is 3.24. The van der Waals surface area contributed by atoms with Crippen molar-refractivity contribution in [1.29, 1.82) is 0 Å². The zero-order valence-corrected chi connectivity index (χ0v) is 9.91. The lowest BCUT2D eigenvalue weighted by Crippen LogP contribution is -2.35. The molecule has 0 saturated heterocycles. The minimum Gasteiger partial charge on any atom is -0.380 e. The van der Waals surface area contributed by atoms with Crippen LogP contribution in [-0.4, -0.2) is 26.1 Å². The first-order chi connectivity index (χ1) is 7.69. The number of carbonyl (C=O) groups is 1. The highest BCUT2D eigenvalue weighted by atomic mass is 16.5. The van der Waals surface area contributed by atoms with Crippen LogP contribution >= 0.6 is 0 Å². The Morgan fingerprint density at radius 3 is 2.75 bits per heavy atom. The number of para-hydroxylation sites is 1. The lowest BCUT2D eigenvalue weighted by molar-refractivity contribution is -0.121. The Balaban J connectivity index is 2.75. The van der Waals surface area contributed by atoms with Crippen molar-refractivity contribution in [2.45, 2.75) is 19.6 Å². The highest BCUT2D eigenvalue weighted by molar-refractivity contribution is 5.84. The van der Waals surface area contributed by atoms with Crippen molar-refractivity contribution in [3.05, 3.63) is 29.8 Å². The number of rotatable bonds is 5. The first-order valence-corrected chi connectivity index (χ1v) is 5.24. The average Bonchev–Trinajstić information content (AvgIpc) is 2.31. The van der Waals surface area contributed by atoms with E-state index in [4.69, 9.17) is 4.74 Å². The quantitative estimate of drug-likeness (QED) is 0.791. The number of hydrogen-bond acceptors (Lipinski definition) is 3. The average molecular weight is 222 g/mol. The summed E-state index contributed by atoms with van der Waals surface area (Å²) in [5.74, 6) is -0.0350. The fraction of sp³-hybridized carbons (Fsp3) is 0.417.